The maximum Gasteiger partial charge on any atom is 0.279 e. The van der Waals surface area contributed by atoms with Crippen LogP contribution in [-0.4, -0.2) is 25.0 Å². The standard InChI is InChI=1S/C20H24N2O/c1-16-9-7-8-14-22(16)15-20(23)21-19-13-6-5-12-18(19)17-10-3-2-4-11-17/h2-6,10-13,16H,7-9,14-15H2,1H3,(H,21,23)/p+1/t16-/m0/s1. The fraction of sp³-hybridized carbons (Fsp3) is 0.350. The highest BCUT2D eigenvalue weighted by molar-refractivity contribution is 5.96. The van der Waals surface area contributed by atoms with Crippen molar-refractivity contribution in [3.63, 3.8) is 0 Å². The van der Waals surface area contributed by atoms with Gasteiger partial charge in [0.05, 0.1) is 12.6 Å². The summed E-state index contributed by atoms with van der Waals surface area (Å²) in [6.07, 6.45) is 3.75. The summed E-state index contributed by atoms with van der Waals surface area (Å²) in [5.41, 5.74) is 3.10. The Balaban J connectivity index is 1.72. The summed E-state index contributed by atoms with van der Waals surface area (Å²) < 4.78 is 0. The molecule has 1 aliphatic rings. The number of hydrogen-bond acceptors (Lipinski definition) is 1. The van der Waals surface area contributed by atoms with E-state index in [0.29, 0.717) is 12.6 Å². The van der Waals surface area contributed by atoms with Gasteiger partial charge >= 0.3 is 0 Å². The number of carbonyl (C=O) groups excluding carboxylic acids is 1. The first-order chi connectivity index (χ1) is 11.2. The molecule has 0 aromatic heterocycles. The van der Waals surface area contributed by atoms with Crippen molar-refractivity contribution >= 4 is 11.6 Å². The van der Waals surface area contributed by atoms with Crippen LogP contribution in [0, 0.1) is 0 Å². The van der Waals surface area contributed by atoms with Gasteiger partial charge in [0.1, 0.15) is 0 Å². The van der Waals surface area contributed by atoms with Crippen molar-refractivity contribution in [3.05, 3.63) is 54.6 Å². The van der Waals surface area contributed by atoms with E-state index in [1.807, 2.05) is 36.4 Å². The molecule has 3 rings (SSSR count). The van der Waals surface area contributed by atoms with Crippen LogP contribution < -0.4 is 10.2 Å². The van der Waals surface area contributed by atoms with E-state index in [4.69, 9.17) is 0 Å². The van der Waals surface area contributed by atoms with Gasteiger partial charge in [-0.3, -0.25) is 4.79 Å². The number of para-hydroxylation sites is 1. The minimum Gasteiger partial charge on any atom is -0.325 e. The average molecular weight is 309 g/mol. The predicted octanol–water partition coefficient (Wildman–Crippen LogP) is 2.75. The van der Waals surface area contributed by atoms with Crippen molar-refractivity contribution in [3.8, 4) is 11.1 Å². The number of rotatable bonds is 4. The average Bonchev–Trinajstić information content (AvgIpc) is 2.58. The largest absolute Gasteiger partial charge is 0.325 e. The van der Waals surface area contributed by atoms with E-state index in [1.54, 1.807) is 0 Å². The van der Waals surface area contributed by atoms with E-state index in [0.717, 1.165) is 23.4 Å². The van der Waals surface area contributed by atoms with E-state index in [9.17, 15) is 4.79 Å². The van der Waals surface area contributed by atoms with Crippen LogP contribution in [0.4, 0.5) is 5.69 Å². The molecule has 120 valence electrons. The number of carbonyl (C=O) groups is 1. The number of nitrogens with one attached hydrogen (secondary N) is 2. The molecule has 0 saturated carbocycles. The fourth-order valence-corrected chi connectivity index (χ4v) is 3.38. The van der Waals surface area contributed by atoms with Crippen LogP contribution in [0.15, 0.2) is 54.6 Å². The Labute approximate surface area is 138 Å². The highest BCUT2D eigenvalue weighted by Crippen LogP contribution is 2.27. The molecule has 1 saturated heterocycles. The molecule has 1 heterocycles. The molecule has 1 unspecified atom stereocenters. The van der Waals surface area contributed by atoms with Gasteiger partial charge in [-0.15, -0.1) is 0 Å². The minimum atomic E-state index is 0.108. The first kappa shape index (κ1) is 15.8. The summed E-state index contributed by atoms with van der Waals surface area (Å²) >= 11 is 0. The molecule has 3 heteroatoms. The highest BCUT2D eigenvalue weighted by Gasteiger charge is 2.24. The van der Waals surface area contributed by atoms with Crippen molar-refractivity contribution in [1.82, 2.24) is 0 Å². The highest BCUT2D eigenvalue weighted by atomic mass is 16.2. The smallest absolute Gasteiger partial charge is 0.279 e. The molecule has 2 atom stereocenters. The minimum absolute atomic E-state index is 0.108. The number of quaternary nitrogens is 1. The third-order valence-corrected chi connectivity index (χ3v) is 4.76. The van der Waals surface area contributed by atoms with Crippen molar-refractivity contribution in [2.24, 2.45) is 0 Å². The van der Waals surface area contributed by atoms with Crippen LogP contribution >= 0.6 is 0 Å². The van der Waals surface area contributed by atoms with Gasteiger partial charge in [-0.05, 0) is 37.8 Å². The molecule has 1 aliphatic heterocycles. The van der Waals surface area contributed by atoms with Crippen molar-refractivity contribution < 1.29 is 9.69 Å². The Hall–Kier alpha value is -2.13. The number of anilines is 1. The van der Waals surface area contributed by atoms with Gasteiger partial charge in [-0.25, -0.2) is 0 Å². The second-order valence-electron chi connectivity index (χ2n) is 6.44. The summed E-state index contributed by atoms with van der Waals surface area (Å²) in [6, 6.07) is 18.8. The number of amides is 1. The van der Waals surface area contributed by atoms with Crippen LogP contribution in [0.25, 0.3) is 11.1 Å². The third kappa shape index (κ3) is 3.99. The van der Waals surface area contributed by atoms with Crippen molar-refractivity contribution in [1.29, 1.82) is 0 Å². The zero-order valence-corrected chi connectivity index (χ0v) is 13.7. The summed E-state index contributed by atoms with van der Waals surface area (Å²) in [7, 11) is 0. The van der Waals surface area contributed by atoms with Gasteiger partial charge in [0.15, 0.2) is 6.54 Å². The van der Waals surface area contributed by atoms with E-state index < -0.39 is 0 Å². The number of hydrogen-bond donors (Lipinski definition) is 2. The Morgan fingerprint density at radius 2 is 1.83 bits per heavy atom. The summed E-state index contributed by atoms with van der Waals surface area (Å²) in [5, 5.41) is 3.12. The maximum atomic E-state index is 12.5. The molecule has 23 heavy (non-hydrogen) atoms. The lowest BCUT2D eigenvalue weighted by Crippen LogP contribution is -3.17. The number of piperidine rings is 1. The van der Waals surface area contributed by atoms with Crippen molar-refractivity contribution in [2.75, 3.05) is 18.4 Å². The van der Waals surface area contributed by atoms with E-state index in [-0.39, 0.29) is 5.91 Å². The summed E-state index contributed by atoms with van der Waals surface area (Å²) in [6.45, 7) is 3.92. The summed E-state index contributed by atoms with van der Waals surface area (Å²) in [5.74, 6) is 0.108. The van der Waals surface area contributed by atoms with Crippen LogP contribution in [0.3, 0.4) is 0 Å². The van der Waals surface area contributed by atoms with E-state index >= 15 is 0 Å². The van der Waals surface area contributed by atoms with Crippen LogP contribution in [-0.2, 0) is 4.79 Å². The lowest BCUT2D eigenvalue weighted by Gasteiger charge is -2.29. The molecule has 1 fully saturated rings. The van der Waals surface area contributed by atoms with Gasteiger partial charge in [0.25, 0.3) is 5.91 Å². The molecule has 3 nitrogen and oxygen atoms in total. The lowest BCUT2D eigenvalue weighted by molar-refractivity contribution is -0.920. The Kier molecular flexibility index (Phi) is 5.09. The van der Waals surface area contributed by atoms with Gasteiger partial charge in [-0.2, -0.15) is 0 Å². The molecule has 0 bridgehead atoms. The lowest BCUT2D eigenvalue weighted by atomic mass is 10.0. The third-order valence-electron chi connectivity index (χ3n) is 4.76. The van der Waals surface area contributed by atoms with Gasteiger partial charge < -0.3 is 10.2 Å². The summed E-state index contributed by atoms with van der Waals surface area (Å²) in [4.78, 5) is 13.9. The van der Waals surface area contributed by atoms with E-state index in [2.05, 4.69) is 30.4 Å². The second kappa shape index (κ2) is 7.42. The normalized spacial score (nSPS) is 20.9. The molecule has 2 aromatic carbocycles. The molecule has 0 radical (unpaired) electrons. The number of benzene rings is 2. The van der Waals surface area contributed by atoms with Crippen molar-refractivity contribution in [2.45, 2.75) is 32.2 Å². The molecular formula is C20H25N2O+. The first-order valence-corrected chi connectivity index (χ1v) is 8.53. The Morgan fingerprint density at radius 1 is 1.09 bits per heavy atom. The Bertz CT molecular complexity index is 654. The van der Waals surface area contributed by atoms with E-state index in [1.165, 1.54) is 24.2 Å². The fourth-order valence-electron chi connectivity index (χ4n) is 3.38. The van der Waals surface area contributed by atoms with Crippen LogP contribution in [0.2, 0.25) is 0 Å². The Morgan fingerprint density at radius 3 is 2.61 bits per heavy atom. The number of likely N-dealkylation sites (tertiary alicyclic amines) is 1. The quantitative estimate of drug-likeness (QED) is 0.894. The SMILES string of the molecule is C[C@H]1CCCC[NH+]1CC(=O)Nc1ccccc1-c1ccccc1. The zero-order valence-electron chi connectivity index (χ0n) is 13.7. The zero-order chi connectivity index (χ0) is 16.1. The topological polar surface area (TPSA) is 33.5 Å². The first-order valence-electron chi connectivity index (χ1n) is 8.53. The second-order valence-corrected chi connectivity index (χ2v) is 6.44. The van der Waals surface area contributed by atoms with Gasteiger partial charge in [-0.1, -0.05) is 48.5 Å². The molecule has 0 aliphatic carbocycles. The van der Waals surface area contributed by atoms with Crippen LogP contribution in [0.5, 0.6) is 0 Å². The molecule has 2 N–H and O–H groups in total. The monoisotopic (exact) mass is 309 g/mol. The molecular weight excluding hydrogens is 284 g/mol. The predicted molar refractivity (Wildman–Crippen MR) is 94.5 cm³/mol. The van der Waals surface area contributed by atoms with Gasteiger partial charge in [0.2, 0.25) is 0 Å². The molecule has 2 aromatic rings. The molecule has 0 spiro atoms. The maximum absolute atomic E-state index is 12.5. The van der Waals surface area contributed by atoms with Crippen LogP contribution in [0.1, 0.15) is 26.2 Å². The molecule has 1 amide bonds. The van der Waals surface area contributed by atoms with Gasteiger partial charge in [0, 0.05) is 11.3 Å².